The van der Waals surface area contributed by atoms with Crippen LogP contribution < -0.4 is 5.32 Å². The zero-order valence-electron chi connectivity index (χ0n) is 11.1. The van der Waals surface area contributed by atoms with Crippen molar-refractivity contribution in [2.75, 3.05) is 12.3 Å². The van der Waals surface area contributed by atoms with Crippen LogP contribution in [0.1, 0.15) is 23.0 Å². The van der Waals surface area contributed by atoms with Gasteiger partial charge in [-0.2, -0.15) is 11.8 Å². The van der Waals surface area contributed by atoms with Crippen molar-refractivity contribution in [3.8, 4) is 0 Å². The second-order valence-electron chi connectivity index (χ2n) is 4.89. The standard InChI is InChI=1S/C15H17NO2S2/c17-15(13-9-12(13)14-4-1-6-18-14)16-5-8-19-10-11-3-2-7-20-11/h1-4,6-7,12-13H,5,8-10H2,(H,16,17)/t12-,13-/m1/s1. The van der Waals surface area contributed by atoms with Gasteiger partial charge >= 0.3 is 0 Å². The van der Waals surface area contributed by atoms with Crippen molar-refractivity contribution in [1.82, 2.24) is 5.32 Å². The third-order valence-electron chi connectivity index (χ3n) is 3.41. The summed E-state index contributed by atoms with van der Waals surface area (Å²) in [5, 5.41) is 5.12. The van der Waals surface area contributed by atoms with Crippen molar-refractivity contribution in [2.45, 2.75) is 18.1 Å². The quantitative estimate of drug-likeness (QED) is 0.796. The van der Waals surface area contributed by atoms with Crippen LogP contribution in [-0.2, 0) is 10.5 Å². The molecule has 20 heavy (non-hydrogen) atoms. The SMILES string of the molecule is O=C(NCCSCc1cccs1)[C@@H]1C[C@H]1c1ccco1. The molecule has 5 heteroatoms. The van der Waals surface area contributed by atoms with Gasteiger partial charge in [-0.25, -0.2) is 0 Å². The highest BCUT2D eigenvalue weighted by molar-refractivity contribution is 7.98. The number of hydrogen-bond acceptors (Lipinski definition) is 4. The highest BCUT2D eigenvalue weighted by Gasteiger charge is 2.45. The van der Waals surface area contributed by atoms with Crippen LogP contribution in [0.4, 0.5) is 0 Å². The van der Waals surface area contributed by atoms with Crippen LogP contribution in [0, 0.1) is 5.92 Å². The molecule has 0 radical (unpaired) electrons. The second kappa shape index (κ2) is 6.50. The smallest absolute Gasteiger partial charge is 0.223 e. The number of nitrogens with one attached hydrogen (secondary N) is 1. The number of furan rings is 1. The van der Waals surface area contributed by atoms with Crippen LogP contribution >= 0.6 is 23.1 Å². The molecular formula is C15H17NO2S2. The molecule has 0 aliphatic heterocycles. The van der Waals surface area contributed by atoms with Crippen molar-refractivity contribution in [1.29, 1.82) is 0 Å². The Morgan fingerprint density at radius 3 is 3.15 bits per heavy atom. The van der Waals surface area contributed by atoms with E-state index in [0.717, 1.165) is 30.2 Å². The summed E-state index contributed by atoms with van der Waals surface area (Å²) in [4.78, 5) is 13.3. The number of thiophene rings is 1. The van der Waals surface area contributed by atoms with Crippen molar-refractivity contribution in [3.05, 3.63) is 46.5 Å². The minimum Gasteiger partial charge on any atom is -0.469 e. The van der Waals surface area contributed by atoms with Crippen molar-refractivity contribution in [2.24, 2.45) is 5.92 Å². The van der Waals surface area contributed by atoms with Crippen LogP contribution in [0.5, 0.6) is 0 Å². The molecule has 0 bridgehead atoms. The van der Waals surface area contributed by atoms with Gasteiger partial charge in [0.1, 0.15) is 5.76 Å². The third kappa shape index (κ3) is 3.46. The second-order valence-corrected chi connectivity index (χ2v) is 7.02. The first kappa shape index (κ1) is 13.8. The van der Waals surface area contributed by atoms with Crippen molar-refractivity contribution < 1.29 is 9.21 Å². The molecule has 0 spiro atoms. The van der Waals surface area contributed by atoms with E-state index < -0.39 is 0 Å². The molecule has 0 aromatic carbocycles. The number of amides is 1. The average molecular weight is 307 g/mol. The molecule has 1 saturated carbocycles. The molecule has 1 fully saturated rings. The molecule has 2 heterocycles. The van der Waals surface area contributed by atoms with E-state index >= 15 is 0 Å². The Bertz CT molecular complexity index is 536. The molecular weight excluding hydrogens is 290 g/mol. The Labute approximate surface area is 126 Å². The molecule has 1 amide bonds. The van der Waals surface area contributed by atoms with Crippen LogP contribution in [0.3, 0.4) is 0 Å². The van der Waals surface area contributed by atoms with Gasteiger partial charge in [-0.1, -0.05) is 6.07 Å². The Balaban J connectivity index is 1.30. The molecule has 3 nitrogen and oxygen atoms in total. The lowest BCUT2D eigenvalue weighted by atomic mass is 10.2. The summed E-state index contributed by atoms with van der Waals surface area (Å²) < 4.78 is 5.34. The monoisotopic (exact) mass is 307 g/mol. The summed E-state index contributed by atoms with van der Waals surface area (Å²) in [6.45, 7) is 0.746. The molecule has 2 aromatic heterocycles. The van der Waals surface area contributed by atoms with E-state index in [1.54, 1.807) is 17.6 Å². The van der Waals surface area contributed by atoms with E-state index in [0.29, 0.717) is 5.92 Å². The van der Waals surface area contributed by atoms with Gasteiger partial charge in [-0.15, -0.1) is 11.3 Å². The molecule has 0 saturated heterocycles. The first-order chi connectivity index (χ1) is 9.84. The predicted molar refractivity (Wildman–Crippen MR) is 83.0 cm³/mol. The Morgan fingerprint density at radius 1 is 1.45 bits per heavy atom. The molecule has 1 aliphatic carbocycles. The summed E-state index contributed by atoms with van der Waals surface area (Å²) in [5.74, 6) is 3.51. The fourth-order valence-corrected chi connectivity index (χ4v) is 3.95. The Hall–Kier alpha value is -1.20. The largest absolute Gasteiger partial charge is 0.469 e. The van der Waals surface area contributed by atoms with Crippen LogP contribution in [0.25, 0.3) is 0 Å². The topological polar surface area (TPSA) is 42.2 Å². The van der Waals surface area contributed by atoms with Gasteiger partial charge in [0.05, 0.1) is 6.26 Å². The predicted octanol–water partition coefficient (Wildman–Crippen LogP) is 3.49. The third-order valence-corrected chi connectivity index (χ3v) is 5.47. The van der Waals surface area contributed by atoms with Gasteiger partial charge in [0.25, 0.3) is 0 Å². The van der Waals surface area contributed by atoms with Crippen molar-refractivity contribution >= 4 is 29.0 Å². The fraction of sp³-hybridized carbons (Fsp3) is 0.400. The molecule has 2 aromatic rings. The van der Waals surface area contributed by atoms with E-state index in [9.17, 15) is 4.79 Å². The molecule has 3 rings (SSSR count). The van der Waals surface area contributed by atoms with Gasteiger partial charge in [-0.3, -0.25) is 4.79 Å². The fourth-order valence-electron chi connectivity index (χ4n) is 2.25. The maximum atomic E-state index is 11.9. The van der Waals surface area contributed by atoms with Gasteiger partial charge < -0.3 is 9.73 Å². The number of rotatable bonds is 7. The highest BCUT2D eigenvalue weighted by atomic mass is 32.2. The lowest BCUT2D eigenvalue weighted by molar-refractivity contribution is -0.122. The summed E-state index contributed by atoms with van der Waals surface area (Å²) in [6, 6.07) is 8.05. The van der Waals surface area contributed by atoms with Gasteiger partial charge in [-0.05, 0) is 30.0 Å². The maximum Gasteiger partial charge on any atom is 0.223 e. The van der Waals surface area contributed by atoms with Crippen molar-refractivity contribution in [3.63, 3.8) is 0 Å². The zero-order valence-corrected chi connectivity index (χ0v) is 12.7. The van der Waals surface area contributed by atoms with E-state index in [-0.39, 0.29) is 11.8 Å². The minimum absolute atomic E-state index is 0.114. The summed E-state index contributed by atoms with van der Waals surface area (Å²) >= 11 is 3.64. The maximum absolute atomic E-state index is 11.9. The van der Waals surface area contributed by atoms with Gasteiger partial charge in [0, 0.05) is 34.8 Å². The highest BCUT2D eigenvalue weighted by Crippen LogP contribution is 2.47. The lowest BCUT2D eigenvalue weighted by Crippen LogP contribution is -2.27. The number of hydrogen-bond donors (Lipinski definition) is 1. The van der Waals surface area contributed by atoms with Gasteiger partial charge in [0.15, 0.2) is 0 Å². The molecule has 106 valence electrons. The van der Waals surface area contributed by atoms with Crippen LogP contribution in [0.15, 0.2) is 40.3 Å². The first-order valence-corrected chi connectivity index (χ1v) is 8.79. The van der Waals surface area contributed by atoms with E-state index in [1.165, 1.54) is 4.88 Å². The van der Waals surface area contributed by atoms with Gasteiger partial charge in [0.2, 0.25) is 5.91 Å². The summed E-state index contributed by atoms with van der Waals surface area (Å²) in [7, 11) is 0. The zero-order chi connectivity index (χ0) is 13.8. The molecule has 1 aliphatic rings. The Kier molecular flexibility index (Phi) is 4.47. The lowest BCUT2D eigenvalue weighted by Gasteiger charge is -2.04. The van der Waals surface area contributed by atoms with Crippen LogP contribution in [-0.4, -0.2) is 18.2 Å². The number of thioether (sulfide) groups is 1. The van der Waals surface area contributed by atoms with E-state index in [2.05, 4.69) is 22.8 Å². The average Bonchev–Trinajstić information content (AvgIpc) is 2.90. The first-order valence-electron chi connectivity index (χ1n) is 6.76. The molecule has 2 atom stereocenters. The summed E-state index contributed by atoms with van der Waals surface area (Å²) in [5.41, 5.74) is 0. The van der Waals surface area contributed by atoms with E-state index in [4.69, 9.17) is 4.42 Å². The van der Waals surface area contributed by atoms with Crippen LogP contribution in [0.2, 0.25) is 0 Å². The summed E-state index contributed by atoms with van der Waals surface area (Å²) in [6.07, 6.45) is 2.59. The number of carbonyl (C=O) groups excluding carboxylic acids is 1. The molecule has 1 N–H and O–H groups in total. The number of carbonyl (C=O) groups is 1. The Morgan fingerprint density at radius 2 is 2.40 bits per heavy atom. The minimum atomic E-state index is 0.114. The molecule has 0 unspecified atom stereocenters. The normalized spacial score (nSPS) is 20.8. The van der Waals surface area contributed by atoms with E-state index in [1.807, 2.05) is 23.9 Å².